The first-order valence-electron chi connectivity index (χ1n) is 4.32. The molecule has 4 N–H and O–H groups in total. The van der Waals surface area contributed by atoms with E-state index in [1.165, 1.54) is 0 Å². The molecule has 0 fully saturated rings. The number of hydrogen-bond acceptors (Lipinski definition) is 4. The van der Waals surface area contributed by atoms with Gasteiger partial charge >= 0.3 is 0 Å². The van der Waals surface area contributed by atoms with Crippen molar-refractivity contribution in [1.82, 2.24) is 10.2 Å². The summed E-state index contributed by atoms with van der Waals surface area (Å²) in [6.07, 6.45) is 0. The van der Waals surface area contributed by atoms with Crippen molar-refractivity contribution in [3.63, 3.8) is 0 Å². The largest absolute Gasteiger partial charge is 0.382 e. The molecule has 2 rings (SSSR count). The monoisotopic (exact) mass is 264 g/mol. The Morgan fingerprint density at radius 1 is 1.00 bits per heavy atom. The van der Waals surface area contributed by atoms with Crippen molar-refractivity contribution in [3.05, 3.63) is 34.8 Å². The molecular formula is C10H9BrN4. The second kappa shape index (κ2) is 3.86. The minimum absolute atomic E-state index is 0.356. The molecule has 2 aromatic rings. The molecule has 0 aliphatic carbocycles. The molecule has 15 heavy (non-hydrogen) atoms. The third-order valence-corrected chi connectivity index (χ3v) is 2.70. The van der Waals surface area contributed by atoms with Gasteiger partial charge < -0.3 is 11.5 Å². The van der Waals surface area contributed by atoms with Crippen molar-refractivity contribution in [2.45, 2.75) is 0 Å². The summed E-state index contributed by atoms with van der Waals surface area (Å²) >= 11 is 3.45. The van der Waals surface area contributed by atoms with Crippen molar-refractivity contribution < 1.29 is 0 Å². The van der Waals surface area contributed by atoms with Gasteiger partial charge in [0.25, 0.3) is 0 Å². The molecule has 0 aliphatic heterocycles. The Hall–Kier alpha value is -1.62. The van der Waals surface area contributed by atoms with E-state index < -0.39 is 0 Å². The second-order valence-electron chi connectivity index (χ2n) is 3.05. The number of rotatable bonds is 1. The van der Waals surface area contributed by atoms with E-state index in [1.54, 1.807) is 6.07 Å². The number of nitrogen functional groups attached to an aromatic ring is 2. The lowest BCUT2D eigenvalue weighted by Crippen LogP contribution is -2.00. The SMILES string of the molecule is Nc1cc(-c2ccccc2Br)c(N)nn1. The third kappa shape index (κ3) is 1.92. The van der Waals surface area contributed by atoms with Crippen LogP contribution in [0.1, 0.15) is 0 Å². The average Bonchev–Trinajstić information content (AvgIpc) is 2.23. The van der Waals surface area contributed by atoms with Crippen LogP contribution in [0.4, 0.5) is 11.6 Å². The summed E-state index contributed by atoms with van der Waals surface area (Å²) in [5.74, 6) is 0.728. The van der Waals surface area contributed by atoms with Crippen LogP contribution in [0.15, 0.2) is 34.8 Å². The van der Waals surface area contributed by atoms with E-state index in [-0.39, 0.29) is 0 Å². The summed E-state index contributed by atoms with van der Waals surface area (Å²) in [7, 11) is 0. The summed E-state index contributed by atoms with van der Waals surface area (Å²) in [6, 6.07) is 9.45. The minimum atomic E-state index is 0.356. The molecule has 5 heteroatoms. The van der Waals surface area contributed by atoms with Crippen molar-refractivity contribution in [3.8, 4) is 11.1 Å². The van der Waals surface area contributed by atoms with E-state index in [2.05, 4.69) is 26.1 Å². The standard InChI is InChI=1S/C10H9BrN4/c11-8-4-2-1-3-6(8)7-5-9(12)14-15-10(7)13/h1-5H,(H2,12,14)(H2,13,15). The highest BCUT2D eigenvalue weighted by Gasteiger charge is 2.08. The topological polar surface area (TPSA) is 77.8 Å². The maximum Gasteiger partial charge on any atom is 0.154 e. The fraction of sp³-hybridized carbons (Fsp3) is 0. The zero-order valence-electron chi connectivity index (χ0n) is 7.81. The zero-order valence-corrected chi connectivity index (χ0v) is 9.40. The molecule has 4 nitrogen and oxygen atoms in total. The molecule has 1 heterocycles. The van der Waals surface area contributed by atoms with Gasteiger partial charge in [0.05, 0.1) is 0 Å². The van der Waals surface area contributed by atoms with Gasteiger partial charge in [-0.1, -0.05) is 34.1 Å². The second-order valence-corrected chi connectivity index (χ2v) is 3.90. The van der Waals surface area contributed by atoms with Crippen LogP contribution in [0.2, 0.25) is 0 Å². The van der Waals surface area contributed by atoms with E-state index in [1.807, 2.05) is 24.3 Å². The summed E-state index contributed by atoms with van der Waals surface area (Å²) in [4.78, 5) is 0. The molecule has 0 aliphatic rings. The molecule has 0 spiro atoms. The third-order valence-electron chi connectivity index (χ3n) is 2.01. The van der Waals surface area contributed by atoms with Crippen LogP contribution in [0.25, 0.3) is 11.1 Å². The Kier molecular flexibility index (Phi) is 2.55. The van der Waals surface area contributed by atoms with E-state index >= 15 is 0 Å². The zero-order chi connectivity index (χ0) is 10.8. The summed E-state index contributed by atoms with van der Waals surface area (Å²) in [5, 5.41) is 7.46. The maximum atomic E-state index is 5.74. The summed E-state index contributed by atoms with van der Waals surface area (Å²) in [6.45, 7) is 0. The van der Waals surface area contributed by atoms with Crippen molar-refractivity contribution in [1.29, 1.82) is 0 Å². The van der Waals surface area contributed by atoms with Crippen LogP contribution in [0, 0.1) is 0 Å². The van der Waals surface area contributed by atoms with Crippen LogP contribution in [0.5, 0.6) is 0 Å². The number of halogens is 1. The lowest BCUT2D eigenvalue weighted by atomic mass is 10.1. The molecule has 0 unspecified atom stereocenters. The number of benzene rings is 1. The lowest BCUT2D eigenvalue weighted by molar-refractivity contribution is 1.05. The Morgan fingerprint density at radius 2 is 1.73 bits per heavy atom. The van der Waals surface area contributed by atoms with Crippen LogP contribution < -0.4 is 11.5 Å². The van der Waals surface area contributed by atoms with Gasteiger partial charge in [0, 0.05) is 10.0 Å². The number of nitrogens with zero attached hydrogens (tertiary/aromatic N) is 2. The van der Waals surface area contributed by atoms with E-state index in [4.69, 9.17) is 11.5 Å². The molecule has 1 aromatic carbocycles. The number of aromatic nitrogens is 2. The Balaban J connectivity index is 2.64. The maximum absolute atomic E-state index is 5.74. The van der Waals surface area contributed by atoms with Crippen LogP contribution >= 0.6 is 15.9 Å². The van der Waals surface area contributed by atoms with Crippen LogP contribution in [0.3, 0.4) is 0 Å². The first-order valence-corrected chi connectivity index (χ1v) is 5.11. The molecule has 0 radical (unpaired) electrons. The predicted molar refractivity (Wildman–Crippen MR) is 64.0 cm³/mol. The molecule has 76 valence electrons. The molecule has 0 atom stereocenters. The molecular weight excluding hydrogens is 256 g/mol. The van der Waals surface area contributed by atoms with Gasteiger partial charge in [-0.2, -0.15) is 0 Å². The van der Waals surface area contributed by atoms with Crippen LogP contribution in [-0.4, -0.2) is 10.2 Å². The van der Waals surface area contributed by atoms with E-state index in [0.29, 0.717) is 11.6 Å². The number of nitrogens with two attached hydrogens (primary N) is 2. The molecule has 0 bridgehead atoms. The van der Waals surface area contributed by atoms with Crippen LogP contribution in [-0.2, 0) is 0 Å². The van der Waals surface area contributed by atoms with E-state index in [0.717, 1.165) is 15.6 Å². The first-order chi connectivity index (χ1) is 7.18. The Morgan fingerprint density at radius 3 is 2.47 bits per heavy atom. The summed E-state index contributed by atoms with van der Waals surface area (Å²) in [5.41, 5.74) is 13.1. The Bertz CT molecular complexity index is 499. The van der Waals surface area contributed by atoms with Gasteiger partial charge in [0.15, 0.2) is 5.82 Å². The van der Waals surface area contributed by atoms with Gasteiger partial charge in [-0.05, 0) is 17.7 Å². The van der Waals surface area contributed by atoms with Crippen molar-refractivity contribution >= 4 is 27.6 Å². The van der Waals surface area contributed by atoms with Gasteiger partial charge in [-0.15, -0.1) is 10.2 Å². The summed E-state index contributed by atoms with van der Waals surface area (Å²) < 4.78 is 0.948. The average molecular weight is 265 g/mol. The fourth-order valence-electron chi connectivity index (χ4n) is 1.31. The van der Waals surface area contributed by atoms with Crippen molar-refractivity contribution in [2.24, 2.45) is 0 Å². The van der Waals surface area contributed by atoms with Crippen molar-refractivity contribution in [2.75, 3.05) is 11.5 Å². The number of anilines is 2. The molecule has 1 aromatic heterocycles. The highest BCUT2D eigenvalue weighted by Crippen LogP contribution is 2.31. The van der Waals surface area contributed by atoms with E-state index in [9.17, 15) is 0 Å². The molecule has 0 amide bonds. The number of hydrogen-bond donors (Lipinski definition) is 2. The Labute approximate surface area is 95.4 Å². The highest BCUT2D eigenvalue weighted by molar-refractivity contribution is 9.10. The smallest absolute Gasteiger partial charge is 0.154 e. The normalized spacial score (nSPS) is 10.2. The fourth-order valence-corrected chi connectivity index (χ4v) is 1.81. The highest BCUT2D eigenvalue weighted by atomic mass is 79.9. The minimum Gasteiger partial charge on any atom is -0.382 e. The molecule has 0 saturated heterocycles. The quantitative estimate of drug-likeness (QED) is 0.827. The predicted octanol–water partition coefficient (Wildman–Crippen LogP) is 2.07. The van der Waals surface area contributed by atoms with Gasteiger partial charge in [0.1, 0.15) is 5.82 Å². The lowest BCUT2D eigenvalue weighted by Gasteiger charge is -2.06. The molecule has 0 saturated carbocycles. The van der Waals surface area contributed by atoms with Gasteiger partial charge in [-0.25, -0.2) is 0 Å². The van der Waals surface area contributed by atoms with Gasteiger partial charge in [0.2, 0.25) is 0 Å². The van der Waals surface area contributed by atoms with Gasteiger partial charge in [-0.3, -0.25) is 0 Å². The first kappa shape index (κ1) is 9.92.